The van der Waals surface area contributed by atoms with Crippen LogP contribution >= 0.6 is 11.3 Å². The van der Waals surface area contributed by atoms with Crippen molar-refractivity contribution in [1.82, 2.24) is 0 Å². The third-order valence-corrected chi connectivity index (χ3v) is 2.63. The van der Waals surface area contributed by atoms with Gasteiger partial charge in [0, 0.05) is 0 Å². The molecule has 1 fully saturated rings. The first-order valence-electron chi connectivity index (χ1n) is 3.56. The van der Waals surface area contributed by atoms with Gasteiger partial charge in [-0.05, 0) is 11.4 Å². The molecule has 0 spiro atoms. The highest BCUT2D eigenvalue weighted by Crippen LogP contribution is 2.31. The number of amides is 1. The zero-order valence-electron chi connectivity index (χ0n) is 6.32. The third-order valence-electron chi connectivity index (χ3n) is 1.68. The normalized spacial score (nSPS) is 16.7. The highest BCUT2D eigenvalue weighted by atomic mass is 32.1. The van der Waals surface area contributed by atoms with Crippen molar-refractivity contribution < 1.29 is 9.53 Å². The molecule has 2 rings (SSSR count). The van der Waals surface area contributed by atoms with E-state index in [0.717, 1.165) is 5.00 Å². The first-order chi connectivity index (χ1) is 5.79. The Morgan fingerprint density at radius 2 is 2.50 bits per heavy atom. The van der Waals surface area contributed by atoms with Crippen molar-refractivity contribution in [3.8, 4) is 0 Å². The Kier molecular flexibility index (Phi) is 1.65. The first kappa shape index (κ1) is 7.42. The molecule has 0 saturated carbocycles. The maximum absolute atomic E-state index is 11.1. The molecule has 0 aromatic carbocycles. The molecule has 1 aromatic heterocycles. The van der Waals surface area contributed by atoms with Crippen molar-refractivity contribution in [3.63, 3.8) is 0 Å². The summed E-state index contributed by atoms with van der Waals surface area (Å²) >= 11 is 1.45. The average molecular weight is 184 g/mol. The minimum Gasteiger partial charge on any atom is -0.447 e. The summed E-state index contributed by atoms with van der Waals surface area (Å²) in [6.07, 6.45) is -0.302. The lowest BCUT2D eigenvalue weighted by Gasteiger charge is -2.09. The summed E-state index contributed by atoms with van der Waals surface area (Å²) < 4.78 is 4.78. The summed E-state index contributed by atoms with van der Waals surface area (Å²) in [4.78, 5) is 12.6. The van der Waals surface area contributed by atoms with E-state index in [-0.39, 0.29) is 6.09 Å². The monoisotopic (exact) mass is 184 g/mol. The summed E-state index contributed by atoms with van der Waals surface area (Å²) in [5.74, 6) is 0. The number of rotatable bonds is 1. The van der Waals surface area contributed by atoms with Gasteiger partial charge in [-0.2, -0.15) is 0 Å². The van der Waals surface area contributed by atoms with Gasteiger partial charge in [0.15, 0.2) is 0 Å². The van der Waals surface area contributed by atoms with Crippen molar-refractivity contribution in [2.45, 2.75) is 0 Å². The number of thiophene rings is 1. The fourth-order valence-electron chi connectivity index (χ4n) is 1.11. The molecule has 2 N–H and O–H groups in total. The first-order valence-corrected chi connectivity index (χ1v) is 4.44. The van der Waals surface area contributed by atoms with Crippen LogP contribution in [0.2, 0.25) is 0 Å². The molecule has 1 amide bonds. The topological polar surface area (TPSA) is 55.6 Å². The van der Waals surface area contributed by atoms with Crippen molar-refractivity contribution in [2.75, 3.05) is 23.8 Å². The number of nitrogens with two attached hydrogens (primary N) is 1. The number of nitrogen functional groups attached to an aromatic ring is 1. The van der Waals surface area contributed by atoms with Gasteiger partial charge in [0.25, 0.3) is 0 Å². The Bertz CT molecular complexity index is 310. The highest BCUT2D eigenvalue weighted by Gasteiger charge is 2.25. The van der Waals surface area contributed by atoms with Gasteiger partial charge in [-0.25, -0.2) is 4.79 Å². The minimum atomic E-state index is -0.302. The van der Waals surface area contributed by atoms with E-state index >= 15 is 0 Å². The van der Waals surface area contributed by atoms with E-state index in [1.165, 1.54) is 11.3 Å². The van der Waals surface area contributed by atoms with Crippen LogP contribution in [0.3, 0.4) is 0 Å². The predicted molar refractivity (Wildman–Crippen MR) is 47.4 cm³/mol. The third kappa shape index (κ3) is 1.02. The maximum atomic E-state index is 11.1. The van der Waals surface area contributed by atoms with E-state index in [2.05, 4.69) is 0 Å². The van der Waals surface area contributed by atoms with E-state index < -0.39 is 0 Å². The summed E-state index contributed by atoms with van der Waals surface area (Å²) in [6, 6.07) is 1.78. The van der Waals surface area contributed by atoms with Crippen LogP contribution in [0.25, 0.3) is 0 Å². The van der Waals surface area contributed by atoms with Crippen LogP contribution in [0.15, 0.2) is 11.4 Å². The predicted octanol–water partition coefficient (Wildman–Crippen LogP) is 1.29. The molecule has 0 aliphatic carbocycles. The standard InChI is InChI=1S/C7H8N2O2S/c8-5-1-4-12-6(5)9-2-3-11-7(9)10/h1,4H,2-3,8H2. The Morgan fingerprint density at radius 1 is 1.67 bits per heavy atom. The molecule has 4 nitrogen and oxygen atoms in total. The van der Waals surface area contributed by atoms with Crippen molar-refractivity contribution in [3.05, 3.63) is 11.4 Å². The van der Waals surface area contributed by atoms with Gasteiger partial charge < -0.3 is 10.5 Å². The lowest BCUT2D eigenvalue weighted by atomic mass is 10.5. The Hall–Kier alpha value is -1.23. The summed E-state index contributed by atoms with van der Waals surface area (Å²) in [5, 5.41) is 2.65. The molecular formula is C7H8N2O2S. The molecule has 0 radical (unpaired) electrons. The number of ether oxygens (including phenoxy) is 1. The zero-order valence-corrected chi connectivity index (χ0v) is 7.13. The van der Waals surface area contributed by atoms with Crippen LogP contribution in [-0.2, 0) is 4.74 Å². The fourth-order valence-corrected chi connectivity index (χ4v) is 1.95. The fraction of sp³-hybridized carbons (Fsp3) is 0.286. The van der Waals surface area contributed by atoms with Crippen LogP contribution in [0.1, 0.15) is 0 Å². The van der Waals surface area contributed by atoms with Crippen molar-refractivity contribution >= 4 is 28.1 Å². The molecule has 1 aliphatic heterocycles. The Balaban J connectivity index is 2.30. The molecule has 1 aliphatic rings. The lowest BCUT2D eigenvalue weighted by Crippen LogP contribution is -2.22. The largest absolute Gasteiger partial charge is 0.447 e. The Morgan fingerprint density at radius 3 is 3.00 bits per heavy atom. The number of hydrogen-bond donors (Lipinski definition) is 1. The number of carbonyl (C=O) groups excluding carboxylic acids is 1. The molecule has 5 heteroatoms. The van der Waals surface area contributed by atoms with Crippen LogP contribution in [-0.4, -0.2) is 19.2 Å². The second kappa shape index (κ2) is 2.67. The number of anilines is 2. The molecule has 2 heterocycles. The lowest BCUT2D eigenvalue weighted by molar-refractivity contribution is 0.181. The van der Waals surface area contributed by atoms with Gasteiger partial charge in [0.1, 0.15) is 11.6 Å². The van der Waals surface area contributed by atoms with Gasteiger partial charge in [-0.15, -0.1) is 11.3 Å². The second-order valence-corrected chi connectivity index (χ2v) is 3.34. The van der Waals surface area contributed by atoms with Crippen LogP contribution in [0.4, 0.5) is 15.5 Å². The van der Waals surface area contributed by atoms with Gasteiger partial charge in [-0.3, -0.25) is 4.90 Å². The van der Waals surface area contributed by atoms with Gasteiger partial charge in [0.2, 0.25) is 0 Å². The van der Waals surface area contributed by atoms with Gasteiger partial charge >= 0.3 is 6.09 Å². The molecule has 0 bridgehead atoms. The summed E-state index contributed by atoms with van der Waals surface area (Å²) in [7, 11) is 0. The smallest absolute Gasteiger partial charge is 0.415 e. The molecular weight excluding hydrogens is 176 g/mol. The zero-order chi connectivity index (χ0) is 8.55. The molecule has 1 saturated heterocycles. The molecule has 12 heavy (non-hydrogen) atoms. The molecule has 0 atom stereocenters. The maximum Gasteiger partial charge on any atom is 0.415 e. The second-order valence-electron chi connectivity index (χ2n) is 2.45. The summed E-state index contributed by atoms with van der Waals surface area (Å²) in [6.45, 7) is 1.06. The molecule has 64 valence electrons. The van der Waals surface area contributed by atoms with E-state index in [1.807, 2.05) is 5.38 Å². The van der Waals surface area contributed by atoms with Crippen LogP contribution in [0.5, 0.6) is 0 Å². The van der Waals surface area contributed by atoms with Gasteiger partial charge in [-0.1, -0.05) is 0 Å². The SMILES string of the molecule is Nc1ccsc1N1CCOC1=O. The Labute approximate surface area is 73.5 Å². The van der Waals surface area contributed by atoms with Crippen molar-refractivity contribution in [1.29, 1.82) is 0 Å². The summed E-state index contributed by atoms with van der Waals surface area (Å²) in [5.41, 5.74) is 6.28. The molecule has 1 aromatic rings. The van der Waals surface area contributed by atoms with Crippen LogP contribution < -0.4 is 10.6 Å². The van der Waals surface area contributed by atoms with E-state index in [1.54, 1.807) is 11.0 Å². The molecule has 0 unspecified atom stereocenters. The minimum absolute atomic E-state index is 0.302. The number of cyclic esters (lactones) is 1. The van der Waals surface area contributed by atoms with E-state index in [0.29, 0.717) is 18.8 Å². The van der Waals surface area contributed by atoms with Crippen molar-refractivity contribution in [2.24, 2.45) is 0 Å². The quantitative estimate of drug-likeness (QED) is 0.715. The number of nitrogens with zero attached hydrogens (tertiary/aromatic N) is 1. The van der Waals surface area contributed by atoms with E-state index in [4.69, 9.17) is 10.5 Å². The van der Waals surface area contributed by atoms with E-state index in [9.17, 15) is 4.79 Å². The highest BCUT2D eigenvalue weighted by molar-refractivity contribution is 7.15. The van der Waals surface area contributed by atoms with Gasteiger partial charge in [0.05, 0.1) is 12.2 Å². The number of hydrogen-bond acceptors (Lipinski definition) is 4. The van der Waals surface area contributed by atoms with Crippen LogP contribution in [0, 0.1) is 0 Å². The average Bonchev–Trinajstić information content (AvgIpc) is 2.59. The number of carbonyl (C=O) groups is 1.